The summed E-state index contributed by atoms with van der Waals surface area (Å²) < 4.78 is 49.5. The first-order valence-electron chi connectivity index (χ1n) is 11.0. The number of aryl methyl sites for hydroxylation is 1. The van der Waals surface area contributed by atoms with Crippen molar-refractivity contribution in [3.05, 3.63) is 51.8 Å². The molecular formula is C23H23ClF3N5O5. The molecule has 0 radical (unpaired) electrons. The van der Waals surface area contributed by atoms with Crippen LogP contribution in [0.2, 0.25) is 5.02 Å². The average molecular weight is 542 g/mol. The molecule has 1 aromatic heterocycles. The topological polar surface area (TPSA) is 139 Å². The number of aromatic nitrogens is 4. The van der Waals surface area contributed by atoms with Gasteiger partial charge in [-0.25, -0.2) is 5.10 Å². The van der Waals surface area contributed by atoms with Crippen molar-refractivity contribution < 1.29 is 37.3 Å². The summed E-state index contributed by atoms with van der Waals surface area (Å²) in [5, 5.41) is 25.9. The number of tetrazole rings is 1. The van der Waals surface area contributed by atoms with Crippen LogP contribution in [-0.2, 0) is 6.42 Å². The average Bonchev–Trinajstić information content (AvgIpc) is 3.35. The van der Waals surface area contributed by atoms with Gasteiger partial charge in [0.05, 0.1) is 23.8 Å². The summed E-state index contributed by atoms with van der Waals surface area (Å²) in [6.07, 6.45) is -5.86. The molecule has 10 nitrogen and oxygen atoms in total. The zero-order valence-electron chi connectivity index (χ0n) is 19.8. The number of nitrogens with one attached hydrogen (secondary N) is 2. The summed E-state index contributed by atoms with van der Waals surface area (Å²) >= 11 is 6.24. The van der Waals surface area contributed by atoms with Crippen LogP contribution in [0.3, 0.4) is 0 Å². The molecule has 0 aliphatic rings. The number of rotatable bonds is 11. The Morgan fingerprint density at radius 2 is 1.86 bits per heavy atom. The van der Waals surface area contributed by atoms with Crippen LogP contribution in [0.4, 0.5) is 18.9 Å². The molecule has 0 spiro atoms. The number of hydrogen-bond acceptors (Lipinski definition) is 8. The Hall–Kier alpha value is -3.87. The number of aromatic amines is 1. The SMILES string of the molecule is CC(=O)c1ccc(OCCCOc2cc(NC(=O)c3nnn[nH]3)c(C)cc2Cl)c(CCC(F)(F)F)c1O. The van der Waals surface area contributed by atoms with Crippen LogP contribution in [0, 0.1) is 6.92 Å². The first kappa shape index (κ1) is 27.7. The number of phenolic OH excluding ortho intramolecular Hbond substituents is 1. The standard InChI is InChI=1S/C23H23ClF3N5O5/c1-12-10-16(24)19(11-17(12)28-22(35)21-29-31-32-30-21)37-9-3-8-36-18-5-4-14(13(2)33)20(34)15(18)6-7-23(25,26)27/h4-5,10-11,34H,3,6-9H2,1-2H3,(H,28,35)(H,29,30,31,32). The Bertz CT molecular complexity index is 1270. The van der Waals surface area contributed by atoms with Gasteiger partial charge in [0.25, 0.3) is 5.91 Å². The van der Waals surface area contributed by atoms with Crippen LogP contribution >= 0.6 is 11.6 Å². The van der Waals surface area contributed by atoms with Gasteiger partial charge in [-0.15, -0.1) is 5.10 Å². The maximum atomic E-state index is 12.8. The van der Waals surface area contributed by atoms with Crippen LogP contribution in [0.25, 0.3) is 0 Å². The number of halogens is 4. The molecule has 14 heteroatoms. The summed E-state index contributed by atoms with van der Waals surface area (Å²) in [5.74, 6) is -1.30. The van der Waals surface area contributed by atoms with Crippen molar-refractivity contribution in [2.24, 2.45) is 0 Å². The van der Waals surface area contributed by atoms with Gasteiger partial charge in [0.15, 0.2) is 5.78 Å². The number of hydrogen-bond donors (Lipinski definition) is 3. The van der Waals surface area contributed by atoms with Gasteiger partial charge in [0.2, 0.25) is 5.82 Å². The Labute approximate surface area is 214 Å². The monoisotopic (exact) mass is 541 g/mol. The third-order valence-corrected chi connectivity index (χ3v) is 5.46. The highest BCUT2D eigenvalue weighted by molar-refractivity contribution is 6.32. The number of ether oxygens (including phenoxy) is 2. The predicted molar refractivity (Wildman–Crippen MR) is 126 cm³/mol. The van der Waals surface area contributed by atoms with Crippen LogP contribution in [0.15, 0.2) is 24.3 Å². The minimum Gasteiger partial charge on any atom is -0.507 e. The van der Waals surface area contributed by atoms with E-state index in [1.165, 1.54) is 25.1 Å². The van der Waals surface area contributed by atoms with E-state index >= 15 is 0 Å². The molecule has 0 fully saturated rings. The third kappa shape index (κ3) is 7.56. The highest BCUT2D eigenvalue weighted by Crippen LogP contribution is 2.35. The van der Waals surface area contributed by atoms with Crippen molar-refractivity contribution in [3.8, 4) is 17.2 Å². The second-order valence-corrected chi connectivity index (χ2v) is 8.37. The maximum absolute atomic E-state index is 12.8. The van der Waals surface area contributed by atoms with Crippen molar-refractivity contribution in [1.29, 1.82) is 0 Å². The summed E-state index contributed by atoms with van der Waals surface area (Å²) in [6.45, 7) is 3.11. The van der Waals surface area contributed by atoms with Crippen molar-refractivity contribution in [1.82, 2.24) is 20.6 Å². The predicted octanol–water partition coefficient (Wildman–Crippen LogP) is 4.66. The number of Topliss-reactive ketones (excluding diaryl/α,β-unsaturated/α-hetero) is 1. The zero-order chi connectivity index (χ0) is 27.2. The number of alkyl halides is 3. The van der Waals surface area contributed by atoms with Crippen LogP contribution < -0.4 is 14.8 Å². The molecule has 2 aromatic carbocycles. The molecule has 3 aromatic rings. The fraction of sp³-hybridized carbons (Fsp3) is 0.348. The number of aromatic hydroxyl groups is 1. The smallest absolute Gasteiger partial charge is 0.389 e. The van der Waals surface area contributed by atoms with E-state index in [9.17, 15) is 27.9 Å². The molecule has 0 aliphatic heterocycles. The number of carbonyl (C=O) groups excluding carboxylic acids is 2. The lowest BCUT2D eigenvalue weighted by atomic mass is 10.0. The number of amides is 1. The Morgan fingerprint density at radius 3 is 2.49 bits per heavy atom. The first-order valence-corrected chi connectivity index (χ1v) is 11.4. The molecule has 198 valence electrons. The molecule has 0 atom stereocenters. The van der Waals surface area contributed by atoms with Gasteiger partial charge in [0.1, 0.15) is 17.2 Å². The molecular weight excluding hydrogens is 519 g/mol. The Morgan fingerprint density at radius 1 is 1.16 bits per heavy atom. The van der Waals surface area contributed by atoms with E-state index in [4.69, 9.17) is 21.1 Å². The van der Waals surface area contributed by atoms with Crippen LogP contribution in [-0.4, -0.2) is 56.8 Å². The molecule has 0 bridgehead atoms. The van der Waals surface area contributed by atoms with E-state index in [0.717, 1.165) is 0 Å². The van der Waals surface area contributed by atoms with Gasteiger partial charge in [-0.3, -0.25) is 9.59 Å². The number of ketones is 1. The van der Waals surface area contributed by atoms with Gasteiger partial charge in [0, 0.05) is 30.2 Å². The van der Waals surface area contributed by atoms with E-state index in [2.05, 4.69) is 25.9 Å². The number of benzene rings is 2. The molecule has 3 N–H and O–H groups in total. The molecule has 37 heavy (non-hydrogen) atoms. The number of carbonyl (C=O) groups is 2. The van der Waals surface area contributed by atoms with E-state index in [1.807, 2.05) is 0 Å². The maximum Gasteiger partial charge on any atom is 0.389 e. The Balaban J connectivity index is 1.61. The second kappa shape index (κ2) is 11.9. The normalized spacial score (nSPS) is 11.3. The van der Waals surface area contributed by atoms with Crippen LogP contribution in [0.5, 0.6) is 17.2 Å². The second-order valence-electron chi connectivity index (χ2n) is 7.96. The summed E-state index contributed by atoms with van der Waals surface area (Å²) in [7, 11) is 0. The van der Waals surface area contributed by atoms with Gasteiger partial charge in [-0.2, -0.15) is 13.2 Å². The van der Waals surface area contributed by atoms with Gasteiger partial charge in [-0.05, 0) is 54.5 Å². The lowest BCUT2D eigenvalue weighted by Crippen LogP contribution is -2.15. The Kier molecular flexibility index (Phi) is 8.92. The molecule has 0 saturated carbocycles. The first-order chi connectivity index (χ1) is 17.5. The number of anilines is 1. The number of nitrogens with zero attached hydrogens (tertiary/aromatic N) is 3. The van der Waals surface area contributed by atoms with Crippen LogP contribution in [0.1, 0.15) is 51.9 Å². The largest absolute Gasteiger partial charge is 0.507 e. The highest BCUT2D eigenvalue weighted by atomic mass is 35.5. The van der Waals surface area contributed by atoms with Crippen molar-refractivity contribution in [2.45, 2.75) is 39.3 Å². The van der Waals surface area contributed by atoms with E-state index < -0.39 is 36.5 Å². The highest BCUT2D eigenvalue weighted by Gasteiger charge is 2.29. The summed E-state index contributed by atoms with van der Waals surface area (Å²) in [5.41, 5.74) is 0.924. The third-order valence-electron chi connectivity index (χ3n) is 5.17. The lowest BCUT2D eigenvalue weighted by Gasteiger charge is -2.16. The molecule has 0 aliphatic carbocycles. The van der Waals surface area contributed by atoms with E-state index in [0.29, 0.717) is 22.7 Å². The quantitative estimate of drug-likeness (QED) is 0.235. The van der Waals surface area contributed by atoms with Crippen molar-refractivity contribution in [2.75, 3.05) is 18.5 Å². The fourth-order valence-electron chi connectivity index (χ4n) is 3.30. The molecule has 1 amide bonds. The van der Waals surface area contributed by atoms with E-state index in [-0.39, 0.29) is 41.7 Å². The lowest BCUT2D eigenvalue weighted by molar-refractivity contribution is -0.134. The molecule has 3 rings (SSSR count). The minimum atomic E-state index is -4.44. The van der Waals surface area contributed by atoms with Gasteiger partial charge in [-0.1, -0.05) is 11.6 Å². The molecule has 1 heterocycles. The molecule has 0 saturated heterocycles. The summed E-state index contributed by atoms with van der Waals surface area (Å²) in [6, 6.07) is 5.80. The molecule has 0 unspecified atom stereocenters. The minimum absolute atomic E-state index is 0.0451. The number of phenols is 1. The zero-order valence-corrected chi connectivity index (χ0v) is 20.5. The van der Waals surface area contributed by atoms with Gasteiger partial charge < -0.3 is 19.9 Å². The fourth-order valence-corrected chi connectivity index (χ4v) is 3.58. The van der Waals surface area contributed by atoms with E-state index in [1.54, 1.807) is 13.0 Å². The van der Waals surface area contributed by atoms with Crippen molar-refractivity contribution in [3.63, 3.8) is 0 Å². The number of H-pyrrole nitrogens is 1. The van der Waals surface area contributed by atoms with Gasteiger partial charge >= 0.3 is 6.18 Å². The van der Waals surface area contributed by atoms with Crippen molar-refractivity contribution >= 4 is 29.0 Å². The summed E-state index contributed by atoms with van der Waals surface area (Å²) in [4.78, 5) is 23.9.